The maximum atomic E-state index is 11.1. The molecule has 0 saturated heterocycles. The summed E-state index contributed by atoms with van der Waals surface area (Å²) in [6, 6.07) is 4.92. The largest absolute Gasteiger partial charge is 0.393 e. The van der Waals surface area contributed by atoms with E-state index in [1.165, 1.54) is 6.07 Å². The lowest BCUT2D eigenvalue weighted by atomic mass is 10.2. The number of nitrogens with zero attached hydrogens (tertiary/aromatic N) is 4. The molecule has 0 fully saturated rings. The summed E-state index contributed by atoms with van der Waals surface area (Å²) in [6.45, 7) is 0.526. The van der Waals surface area contributed by atoms with Crippen molar-refractivity contribution in [3.8, 4) is 0 Å². The molecule has 1 aromatic carbocycles. The second kappa shape index (κ2) is 4.97. The Bertz CT molecular complexity index is 608. The highest BCUT2D eigenvalue weighted by Gasteiger charge is 2.20. The standard InChI is InChI=1S/C12H15N5O2/c1-15(7-9-6-14-16(2)8-9)11-5-3-4-10(13)12(11)17(18)19/h3-6,8H,7,13H2,1-2H3. The molecule has 7 nitrogen and oxygen atoms in total. The molecular weight excluding hydrogens is 246 g/mol. The zero-order chi connectivity index (χ0) is 14.0. The van der Waals surface area contributed by atoms with Crippen molar-refractivity contribution < 1.29 is 4.92 Å². The molecule has 100 valence electrons. The fourth-order valence-corrected chi connectivity index (χ4v) is 1.97. The summed E-state index contributed by atoms with van der Waals surface area (Å²) in [5.41, 5.74) is 7.25. The molecule has 0 unspecified atom stereocenters. The zero-order valence-electron chi connectivity index (χ0n) is 10.8. The van der Waals surface area contributed by atoms with Crippen LogP contribution >= 0.6 is 0 Å². The number of hydrogen-bond acceptors (Lipinski definition) is 5. The van der Waals surface area contributed by atoms with E-state index >= 15 is 0 Å². The van der Waals surface area contributed by atoms with Crippen molar-refractivity contribution in [1.82, 2.24) is 9.78 Å². The fourth-order valence-electron chi connectivity index (χ4n) is 1.97. The monoisotopic (exact) mass is 261 g/mol. The van der Waals surface area contributed by atoms with Crippen molar-refractivity contribution in [2.24, 2.45) is 7.05 Å². The van der Waals surface area contributed by atoms with Gasteiger partial charge in [0.15, 0.2) is 0 Å². The molecular formula is C12H15N5O2. The van der Waals surface area contributed by atoms with Crippen molar-refractivity contribution in [1.29, 1.82) is 0 Å². The van der Waals surface area contributed by atoms with Crippen molar-refractivity contribution in [3.63, 3.8) is 0 Å². The minimum Gasteiger partial charge on any atom is -0.393 e. The fraction of sp³-hybridized carbons (Fsp3) is 0.250. The first-order valence-corrected chi connectivity index (χ1v) is 5.70. The smallest absolute Gasteiger partial charge is 0.315 e. The van der Waals surface area contributed by atoms with E-state index in [4.69, 9.17) is 5.73 Å². The van der Waals surface area contributed by atoms with Crippen LogP contribution in [0.4, 0.5) is 17.1 Å². The molecule has 19 heavy (non-hydrogen) atoms. The molecule has 2 rings (SSSR count). The first kappa shape index (κ1) is 12.9. The summed E-state index contributed by atoms with van der Waals surface area (Å²) < 4.78 is 1.69. The molecule has 0 radical (unpaired) electrons. The number of nitrogen functional groups attached to an aromatic ring is 1. The van der Waals surface area contributed by atoms with E-state index in [0.29, 0.717) is 12.2 Å². The van der Waals surface area contributed by atoms with E-state index in [-0.39, 0.29) is 11.4 Å². The number of nitrogens with two attached hydrogens (primary N) is 1. The summed E-state index contributed by atoms with van der Waals surface area (Å²) >= 11 is 0. The van der Waals surface area contributed by atoms with Gasteiger partial charge in [-0.15, -0.1) is 0 Å². The minimum atomic E-state index is -0.454. The van der Waals surface area contributed by atoms with E-state index < -0.39 is 4.92 Å². The van der Waals surface area contributed by atoms with Gasteiger partial charge in [0.05, 0.1) is 11.1 Å². The van der Waals surface area contributed by atoms with E-state index in [2.05, 4.69) is 5.10 Å². The van der Waals surface area contributed by atoms with Crippen LogP contribution in [0.5, 0.6) is 0 Å². The van der Waals surface area contributed by atoms with Crippen LogP contribution in [-0.4, -0.2) is 21.8 Å². The maximum absolute atomic E-state index is 11.1. The average molecular weight is 261 g/mol. The topological polar surface area (TPSA) is 90.2 Å². The van der Waals surface area contributed by atoms with Gasteiger partial charge in [0, 0.05) is 32.4 Å². The van der Waals surface area contributed by atoms with Gasteiger partial charge >= 0.3 is 5.69 Å². The number of nitro benzene ring substituents is 1. The SMILES string of the molecule is CN(Cc1cnn(C)c1)c1cccc(N)c1[N+](=O)[O-]. The van der Waals surface area contributed by atoms with Crippen LogP contribution in [0.1, 0.15) is 5.56 Å². The number of para-hydroxylation sites is 1. The van der Waals surface area contributed by atoms with Crippen molar-refractivity contribution in [2.45, 2.75) is 6.54 Å². The summed E-state index contributed by atoms with van der Waals surface area (Å²) in [7, 11) is 3.61. The minimum absolute atomic E-state index is 0.0612. The van der Waals surface area contributed by atoms with Gasteiger partial charge in [0.1, 0.15) is 11.4 Å². The summed E-state index contributed by atoms with van der Waals surface area (Å²) in [5, 5.41) is 15.2. The predicted octanol–water partition coefficient (Wildman–Crippen LogP) is 1.55. The van der Waals surface area contributed by atoms with Crippen LogP contribution in [0, 0.1) is 10.1 Å². The molecule has 2 N–H and O–H groups in total. The number of rotatable bonds is 4. The third-order valence-electron chi connectivity index (χ3n) is 2.82. The lowest BCUT2D eigenvalue weighted by molar-refractivity contribution is -0.383. The Kier molecular flexibility index (Phi) is 3.37. The summed E-state index contributed by atoms with van der Waals surface area (Å²) in [6.07, 6.45) is 3.60. The second-order valence-corrected chi connectivity index (χ2v) is 4.35. The molecule has 0 atom stereocenters. The zero-order valence-corrected chi connectivity index (χ0v) is 10.8. The van der Waals surface area contributed by atoms with Gasteiger partial charge in [-0.05, 0) is 12.1 Å². The molecule has 0 aliphatic carbocycles. The van der Waals surface area contributed by atoms with Gasteiger partial charge in [-0.2, -0.15) is 5.10 Å². The Morgan fingerprint density at radius 1 is 1.53 bits per heavy atom. The van der Waals surface area contributed by atoms with Gasteiger partial charge in [0.25, 0.3) is 0 Å². The molecule has 1 heterocycles. The number of anilines is 2. The number of benzene rings is 1. The predicted molar refractivity (Wildman–Crippen MR) is 72.8 cm³/mol. The highest BCUT2D eigenvalue weighted by atomic mass is 16.6. The lowest BCUT2D eigenvalue weighted by Gasteiger charge is -2.18. The third kappa shape index (κ3) is 2.65. The van der Waals surface area contributed by atoms with Crippen molar-refractivity contribution in [2.75, 3.05) is 17.7 Å². The molecule has 0 saturated carbocycles. The van der Waals surface area contributed by atoms with Crippen LogP contribution < -0.4 is 10.6 Å². The number of aryl methyl sites for hydroxylation is 1. The van der Waals surface area contributed by atoms with Crippen LogP contribution in [0.25, 0.3) is 0 Å². The van der Waals surface area contributed by atoms with E-state index in [1.54, 1.807) is 35.0 Å². The number of nitro groups is 1. The van der Waals surface area contributed by atoms with E-state index in [1.807, 2.05) is 13.2 Å². The molecule has 0 amide bonds. The average Bonchev–Trinajstić information content (AvgIpc) is 2.73. The van der Waals surface area contributed by atoms with Crippen LogP contribution in [-0.2, 0) is 13.6 Å². The Hall–Kier alpha value is -2.57. The highest BCUT2D eigenvalue weighted by Crippen LogP contribution is 2.33. The lowest BCUT2D eigenvalue weighted by Crippen LogP contribution is -2.18. The molecule has 0 spiro atoms. The summed E-state index contributed by atoms with van der Waals surface area (Å²) in [4.78, 5) is 12.4. The molecule has 0 bridgehead atoms. The van der Waals surface area contributed by atoms with Crippen LogP contribution in [0.2, 0.25) is 0 Å². The van der Waals surface area contributed by atoms with Gasteiger partial charge in [-0.25, -0.2) is 0 Å². The maximum Gasteiger partial charge on any atom is 0.315 e. The Morgan fingerprint density at radius 2 is 2.26 bits per heavy atom. The van der Waals surface area contributed by atoms with E-state index in [0.717, 1.165) is 5.56 Å². The van der Waals surface area contributed by atoms with Crippen molar-refractivity contribution >= 4 is 17.1 Å². The Balaban J connectivity index is 2.31. The van der Waals surface area contributed by atoms with Crippen molar-refractivity contribution in [3.05, 3.63) is 46.3 Å². The Labute approximate surface area is 110 Å². The van der Waals surface area contributed by atoms with Gasteiger partial charge in [-0.3, -0.25) is 14.8 Å². The van der Waals surface area contributed by atoms with Gasteiger partial charge in [-0.1, -0.05) is 6.07 Å². The van der Waals surface area contributed by atoms with Crippen LogP contribution in [0.15, 0.2) is 30.6 Å². The normalized spacial score (nSPS) is 10.4. The Morgan fingerprint density at radius 3 is 2.84 bits per heavy atom. The first-order valence-electron chi connectivity index (χ1n) is 5.70. The van der Waals surface area contributed by atoms with Gasteiger partial charge in [0.2, 0.25) is 0 Å². The van der Waals surface area contributed by atoms with Crippen LogP contribution in [0.3, 0.4) is 0 Å². The molecule has 1 aromatic heterocycles. The quantitative estimate of drug-likeness (QED) is 0.512. The highest BCUT2D eigenvalue weighted by molar-refractivity contribution is 5.75. The molecule has 7 heteroatoms. The first-order chi connectivity index (χ1) is 8.99. The molecule has 0 aliphatic heterocycles. The molecule has 0 aliphatic rings. The van der Waals surface area contributed by atoms with Gasteiger partial charge < -0.3 is 10.6 Å². The number of aromatic nitrogens is 2. The third-order valence-corrected chi connectivity index (χ3v) is 2.82. The summed E-state index contributed by atoms with van der Waals surface area (Å²) in [5.74, 6) is 0. The number of hydrogen-bond donors (Lipinski definition) is 1. The second-order valence-electron chi connectivity index (χ2n) is 4.35. The van der Waals surface area contributed by atoms with E-state index in [9.17, 15) is 10.1 Å². The molecule has 2 aromatic rings.